The van der Waals surface area contributed by atoms with E-state index in [9.17, 15) is 8.42 Å². The number of pyridine rings is 1. The summed E-state index contributed by atoms with van der Waals surface area (Å²) >= 11 is 1.79. The quantitative estimate of drug-likeness (QED) is 0.850. The number of rotatable bonds is 2. The third-order valence-corrected chi connectivity index (χ3v) is 6.06. The summed E-state index contributed by atoms with van der Waals surface area (Å²) in [5, 5.41) is 0.856. The van der Waals surface area contributed by atoms with Gasteiger partial charge in [0.1, 0.15) is 4.90 Å². The molecule has 4 nitrogen and oxygen atoms in total. The van der Waals surface area contributed by atoms with E-state index in [0.717, 1.165) is 16.9 Å². The molecule has 19 heavy (non-hydrogen) atoms. The van der Waals surface area contributed by atoms with Gasteiger partial charge in [-0.3, -0.25) is 4.98 Å². The molecular formula is C13H14N2O2S2. The van der Waals surface area contributed by atoms with E-state index in [2.05, 4.69) is 4.98 Å². The van der Waals surface area contributed by atoms with E-state index in [1.54, 1.807) is 34.4 Å². The number of hydrogen-bond acceptors (Lipinski definition) is 4. The Morgan fingerprint density at radius 1 is 1.11 bits per heavy atom. The van der Waals surface area contributed by atoms with Crippen LogP contribution in [-0.2, 0) is 10.0 Å². The van der Waals surface area contributed by atoms with Crippen molar-refractivity contribution in [2.24, 2.45) is 0 Å². The van der Waals surface area contributed by atoms with Crippen LogP contribution >= 0.6 is 11.8 Å². The first kappa shape index (κ1) is 12.9. The number of sulfonamides is 1. The summed E-state index contributed by atoms with van der Waals surface area (Å²) in [5.74, 6) is 1.72. The van der Waals surface area contributed by atoms with Crippen LogP contribution in [0.15, 0.2) is 41.4 Å². The van der Waals surface area contributed by atoms with Crippen molar-refractivity contribution in [2.45, 2.75) is 4.90 Å². The van der Waals surface area contributed by atoms with Crippen LogP contribution in [0, 0.1) is 0 Å². The van der Waals surface area contributed by atoms with Crippen molar-refractivity contribution in [3.05, 3.63) is 36.5 Å². The molecule has 1 aromatic heterocycles. The Morgan fingerprint density at radius 2 is 1.84 bits per heavy atom. The third kappa shape index (κ3) is 2.35. The molecule has 1 aliphatic heterocycles. The fourth-order valence-corrected chi connectivity index (χ4v) is 4.95. The molecule has 2 aromatic rings. The molecule has 0 saturated carbocycles. The van der Waals surface area contributed by atoms with Crippen molar-refractivity contribution in [1.82, 2.24) is 9.29 Å². The molecule has 1 fully saturated rings. The van der Waals surface area contributed by atoms with Gasteiger partial charge < -0.3 is 0 Å². The number of thioether (sulfide) groups is 1. The minimum Gasteiger partial charge on any atom is -0.255 e. The van der Waals surface area contributed by atoms with E-state index in [4.69, 9.17) is 0 Å². The molecule has 0 amide bonds. The average Bonchev–Trinajstić information content (AvgIpc) is 2.47. The fourth-order valence-electron chi connectivity index (χ4n) is 2.21. The molecule has 0 bridgehead atoms. The predicted octanol–water partition coefficient (Wildman–Crippen LogP) is 1.97. The summed E-state index contributed by atoms with van der Waals surface area (Å²) in [4.78, 5) is 4.55. The number of aromatic nitrogens is 1. The van der Waals surface area contributed by atoms with Crippen LogP contribution in [0.3, 0.4) is 0 Å². The first-order valence-corrected chi connectivity index (χ1v) is 8.71. The molecule has 100 valence electrons. The summed E-state index contributed by atoms with van der Waals surface area (Å²) in [6, 6.07) is 9.00. The van der Waals surface area contributed by atoms with Gasteiger partial charge in [0, 0.05) is 36.2 Å². The smallest absolute Gasteiger partial charge is 0.245 e. The Kier molecular flexibility index (Phi) is 3.47. The highest BCUT2D eigenvalue weighted by molar-refractivity contribution is 7.99. The van der Waals surface area contributed by atoms with Crippen LogP contribution in [0.5, 0.6) is 0 Å². The zero-order valence-corrected chi connectivity index (χ0v) is 12.0. The molecule has 1 aliphatic rings. The van der Waals surface area contributed by atoms with Crippen LogP contribution in [0.2, 0.25) is 0 Å². The summed E-state index contributed by atoms with van der Waals surface area (Å²) < 4.78 is 26.9. The van der Waals surface area contributed by atoms with Crippen molar-refractivity contribution < 1.29 is 8.42 Å². The molecular weight excluding hydrogens is 280 g/mol. The molecule has 6 heteroatoms. The van der Waals surface area contributed by atoms with Crippen LogP contribution in [0.25, 0.3) is 10.9 Å². The Balaban J connectivity index is 2.12. The highest BCUT2D eigenvalue weighted by Gasteiger charge is 2.27. The van der Waals surface area contributed by atoms with Crippen LogP contribution in [0.4, 0.5) is 0 Å². The highest BCUT2D eigenvalue weighted by atomic mass is 32.2. The molecule has 3 rings (SSSR count). The summed E-state index contributed by atoms with van der Waals surface area (Å²) in [6.45, 7) is 1.16. The molecule has 0 unspecified atom stereocenters. The Hall–Kier alpha value is -1.11. The molecule has 0 radical (unpaired) electrons. The molecule has 0 spiro atoms. The first-order chi connectivity index (χ1) is 9.19. The molecule has 0 N–H and O–H groups in total. The van der Waals surface area contributed by atoms with Gasteiger partial charge in [0.25, 0.3) is 0 Å². The van der Waals surface area contributed by atoms with Crippen LogP contribution in [-0.4, -0.2) is 42.3 Å². The maximum Gasteiger partial charge on any atom is 0.245 e. The van der Waals surface area contributed by atoms with Gasteiger partial charge in [-0.15, -0.1) is 0 Å². The second-order valence-corrected chi connectivity index (χ2v) is 7.48. The monoisotopic (exact) mass is 294 g/mol. The van der Waals surface area contributed by atoms with Gasteiger partial charge in [-0.2, -0.15) is 16.1 Å². The fraction of sp³-hybridized carbons (Fsp3) is 0.308. The molecule has 0 aliphatic carbocycles. The number of hydrogen-bond donors (Lipinski definition) is 0. The molecule has 1 aromatic carbocycles. The van der Waals surface area contributed by atoms with Gasteiger partial charge in [-0.05, 0) is 12.1 Å². The maximum atomic E-state index is 12.7. The summed E-state index contributed by atoms with van der Waals surface area (Å²) in [6.07, 6.45) is 1.63. The SMILES string of the molecule is O=S(=O)(c1cccc2cccnc12)N1CCSCC1. The topological polar surface area (TPSA) is 50.3 Å². The second-order valence-electron chi connectivity index (χ2n) is 4.35. The van der Waals surface area contributed by atoms with Crippen molar-refractivity contribution >= 4 is 32.7 Å². The Morgan fingerprint density at radius 3 is 2.63 bits per heavy atom. The predicted molar refractivity (Wildman–Crippen MR) is 77.8 cm³/mol. The van der Waals surface area contributed by atoms with Gasteiger partial charge in [0.05, 0.1) is 5.52 Å². The Bertz CT molecular complexity index is 689. The lowest BCUT2D eigenvalue weighted by Crippen LogP contribution is -2.37. The maximum absolute atomic E-state index is 12.7. The van der Waals surface area contributed by atoms with Crippen LogP contribution < -0.4 is 0 Å². The summed E-state index contributed by atoms with van der Waals surface area (Å²) in [7, 11) is -3.43. The van der Waals surface area contributed by atoms with Crippen LogP contribution in [0.1, 0.15) is 0 Å². The third-order valence-electron chi connectivity index (χ3n) is 3.18. The van der Waals surface area contributed by atoms with E-state index < -0.39 is 10.0 Å². The van der Waals surface area contributed by atoms with E-state index in [1.165, 1.54) is 0 Å². The van der Waals surface area contributed by atoms with E-state index >= 15 is 0 Å². The minimum atomic E-state index is -3.43. The number of benzene rings is 1. The van der Waals surface area contributed by atoms with Gasteiger partial charge in [-0.1, -0.05) is 18.2 Å². The largest absolute Gasteiger partial charge is 0.255 e. The number of nitrogens with zero attached hydrogens (tertiary/aromatic N) is 2. The van der Waals surface area contributed by atoms with Crippen molar-refractivity contribution in [2.75, 3.05) is 24.6 Å². The Labute approximate surface area is 116 Å². The van der Waals surface area contributed by atoms with Crippen molar-refractivity contribution in [1.29, 1.82) is 0 Å². The summed E-state index contributed by atoms with van der Waals surface area (Å²) in [5.41, 5.74) is 0.559. The first-order valence-electron chi connectivity index (χ1n) is 6.11. The lowest BCUT2D eigenvalue weighted by Gasteiger charge is -2.25. The molecule has 2 heterocycles. The second kappa shape index (κ2) is 5.11. The van der Waals surface area contributed by atoms with E-state index in [1.807, 2.05) is 18.2 Å². The lowest BCUT2D eigenvalue weighted by molar-refractivity contribution is 0.444. The van der Waals surface area contributed by atoms with E-state index in [-0.39, 0.29) is 0 Å². The van der Waals surface area contributed by atoms with Crippen molar-refractivity contribution in [3.63, 3.8) is 0 Å². The van der Waals surface area contributed by atoms with Gasteiger partial charge in [0.2, 0.25) is 10.0 Å². The lowest BCUT2D eigenvalue weighted by atomic mass is 10.2. The van der Waals surface area contributed by atoms with Gasteiger partial charge in [0.15, 0.2) is 0 Å². The van der Waals surface area contributed by atoms with Gasteiger partial charge >= 0.3 is 0 Å². The van der Waals surface area contributed by atoms with Gasteiger partial charge in [-0.25, -0.2) is 8.42 Å². The minimum absolute atomic E-state index is 0.317. The molecule has 0 atom stereocenters. The highest BCUT2D eigenvalue weighted by Crippen LogP contribution is 2.25. The zero-order chi connectivity index (χ0) is 13.3. The van der Waals surface area contributed by atoms with Crippen molar-refractivity contribution in [3.8, 4) is 0 Å². The normalized spacial score (nSPS) is 17.7. The standard InChI is InChI=1S/C13H14N2O2S2/c16-19(17,15-7-9-18-10-8-15)12-5-1-3-11-4-2-6-14-13(11)12/h1-6H,7-10H2. The number of fused-ring (bicyclic) bond motifs is 1. The average molecular weight is 294 g/mol. The van der Waals surface area contributed by atoms with E-state index in [0.29, 0.717) is 23.5 Å². The number of para-hydroxylation sites is 1. The zero-order valence-electron chi connectivity index (χ0n) is 10.3. The molecule has 1 saturated heterocycles.